The summed E-state index contributed by atoms with van der Waals surface area (Å²) in [6.45, 7) is 25.8. The molecule has 0 heterocycles. The molecular weight excluding hydrogens is 532 g/mol. The van der Waals surface area contributed by atoms with Crippen LogP contribution in [0.2, 0.25) is 0 Å². The maximum atomic E-state index is 9.60. The number of aliphatic hydroxyl groups is 4. The second-order valence-electron chi connectivity index (χ2n) is 9.00. The Hall–Kier alpha value is -3.36. The lowest BCUT2D eigenvalue weighted by Crippen LogP contribution is -2.20. The summed E-state index contributed by atoms with van der Waals surface area (Å²) in [5.41, 5.74) is 0.398. The van der Waals surface area contributed by atoms with Crippen LogP contribution in [0.15, 0.2) is 48.6 Å². The van der Waals surface area contributed by atoms with E-state index in [9.17, 15) is 19.2 Å². The minimum atomic E-state index is -0.935. The lowest BCUT2D eigenvalue weighted by molar-refractivity contribution is -0.133. The molecule has 0 aliphatic rings. The number of aliphatic carboxylic acids is 4. The first-order valence-corrected chi connectivity index (χ1v) is 11.5. The van der Waals surface area contributed by atoms with E-state index in [1.807, 2.05) is 0 Å². The Balaban J connectivity index is -0.0000000874. The second-order valence-corrected chi connectivity index (χ2v) is 9.00. The average Bonchev–Trinajstić information content (AvgIpc) is 2.84. The molecule has 0 radical (unpaired) electrons. The monoisotopic (exact) mass is 582 g/mol. The minimum absolute atomic E-state index is 0.00667. The van der Waals surface area contributed by atoms with Gasteiger partial charge in [0.1, 0.15) is 0 Å². The van der Waals surface area contributed by atoms with Crippen molar-refractivity contribution in [3.8, 4) is 0 Å². The fourth-order valence-corrected chi connectivity index (χ4v) is 0.406. The first-order valence-electron chi connectivity index (χ1n) is 11.5. The number of hydrogen-bond donors (Lipinski definition) is 8. The molecule has 0 saturated heterocycles. The summed E-state index contributed by atoms with van der Waals surface area (Å²) < 4.78 is 4.95. The lowest BCUT2D eigenvalue weighted by atomic mass is 9.97. The molecule has 8 N–H and O–H groups in total. The van der Waals surface area contributed by atoms with Crippen LogP contribution in [0, 0.1) is 5.41 Å². The summed E-state index contributed by atoms with van der Waals surface area (Å²) in [5.74, 6) is -3.74. The summed E-state index contributed by atoms with van der Waals surface area (Å²) in [7, 11) is 0. The SMILES string of the molecule is C=C(C)C(=O)O.C=C(C)C(=O)O.C=C(C)C(=O)O.C=C(C)C(=O)O.CC(C)(CO)CO.CC(O)COC(C)CO. The summed E-state index contributed by atoms with van der Waals surface area (Å²) in [6, 6.07) is 0. The largest absolute Gasteiger partial charge is 0.478 e. The zero-order valence-electron chi connectivity index (χ0n) is 24.9. The van der Waals surface area contributed by atoms with Crippen molar-refractivity contribution in [1.29, 1.82) is 0 Å². The minimum Gasteiger partial charge on any atom is -0.478 e. The molecule has 0 fully saturated rings. The third-order valence-electron chi connectivity index (χ3n) is 3.20. The Kier molecular flexibility index (Phi) is 37.4. The van der Waals surface area contributed by atoms with Crippen LogP contribution in [0.4, 0.5) is 0 Å². The highest BCUT2D eigenvalue weighted by molar-refractivity contribution is 5.85. The zero-order valence-corrected chi connectivity index (χ0v) is 24.9. The topological polar surface area (TPSA) is 239 Å². The van der Waals surface area contributed by atoms with E-state index in [2.05, 4.69) is 26.3 Å². The summed E-state index contributed by atoms with van der Waals surface area (Å²) in [4.78, 5) is 38.4. The van der Waals surface area contributed by atoms with Crippen molar-refractivity contribution < 1.29 is 64.8 Å². The van der Waals surface area contributed by atoms with Gasteiger partial charge < -0.3 is 45.6 Å². The number of aliphatic hydroxyl groups excluding tert-OH is 4. The highest BCUT2D eigenvalue weighted by Gasteiger charge is 2.13. The Morgan fingerprint density at radius 3 is 0.925 bits per heavy atom. The van der Waals surface area contributed by atoms with E-state index in [0.717, 1.165) is 0 Å². The van der Waals surface area contributed by atoms with E-state index in [1.165, 1.54) is 27.7 Å². The van der Waals surface area contributed by atoms with Crippen LogP contribution in [-0.4, -0.2) is 103 Å². The van der Waals surface area contributed by atoms with Gasteiger partial charge in [0.2, 0.25) is 0 Å². The fourth-order valence-electron chi connectivity index (χ4n) is 0.406. The zero-order chi connectivity index (χ0) is 33.8. The van der Waals surface area contributed by atoms with Gasteiger partial charge in [0.05, 0.1) is 38.6 Å². The molecule has 0 aliphatic heterocycles. The van der Waals surface area contributed by atoms with Crippen molar-refractivity contribution in [3.63, 3.8) is 0 Å². The third kappa shape index (κ3) is 59.6. The number of hydrogen-bond acceptors (Lipinski definition) is 9. The van der Waals surface area contributed by atoms with Gasteiger partial charge >= 0.3 is 23.9 Å². The third-order valence-corrected chi connectivity index (χ3v) is 3.20. The summed E-state index contributed by atoms with van der Waals surface area (Å²) in [5, 5.41) is 65.6. The predicted octanol–water partition coefficient (Wildman–Crippen LogP) is 2.35. The van der Waals surface area contributed by atoms with Crippen LogP contribution in [0.1, 0.15) is 55.4 Å². The quantitative estimate of drug-likeness (QED) is 0.173. The van der Waals surface area contributed by atoms with Gasteiger partial charge in [-0.25, -0.2) is 19.2 Å². The van der Waals surface area contributed by atoms with E-state index in [0.29, 0.717) is 6.61 Å². The van der Waals surface area contributed by atoms with E-state index < -0.39 is 30.0 Å². The van der Waals surface area contributed by atoms with Crippen LogP contribution >= 0.6 is 0 Å². The molecule has 0 bridgehead atoms. The standard InChI is InChI=1S/C6H14O3.C5H12O2.4C4H6O2/c1-5(8)4-9-6(2)3-7;1-5(2,3-6)4-7;4*1-3(2)4(5)6/h5-8H,3-4H2,1-2H3;6-7H,3-4H2,1-2H3;4*1H2,2H3,(H,5,6). The molecule has 0 spiro atoms. The molecule has 2 atom stereocenters. The second kappa shape index (κ2) is 30.2. The van der Waals surface area contributed by atoms with Gasteiger partial charge in [-0.2, -0.15) is 0 Å². The molecule has 40 heavy (non-hydrogen) atoms. The van der Waals surface area contributed by atoms with E-state index in [1.54, 1.807) is 27.7 Å². The number of ether oxygens (including phenoxy) is 1. The number of carboxylic acid groups (broad SMARTS) is 4. The van der Waals surface area contributed by atoms with Crippen molar-refractivity contribution in [2.45, 2.75) is 67.6 Å². The normalized spacial score (nSPS) is 10.5. The Bertz CT molecular complexity index is 631. The molecule has 2 unspecified atom stereocenters. The number of carboxylic acids is 4. The van der Waals surface area contributed by atoms with Crippen molar-refractivity contribution in [3.05, 3.63) is 48.6 Å². The van der Waals surface area contributed by atoms with E-state index in [-0.39, 0.29) is 53.6 Å². The molecule has 0 amide bonds. The van der Waals surface area contributed by atoms with Crippen LogP contribution in [0.5, 0.6) is 0 Å². The predicted molar refractivity (Wildman–Crippen MR) is 152 cm³/mol. The summed E-state index contributed by atoms with van der Waals surface area (Å²) >= 11 is 0. The molecule has 13 heteroatoms. The molecule has 0 aromatic heterocycles. The molecule has 0 rings (SSSR count). The van der Waals surface area contributed by atoms with Gasteiger partial charge in [0.15, 0.2) is 0 Å². The van der Waals surface area contributed by atoms with Crippen molar-refractivity contribution in [1.82, 2.24) is 0 Å². The van der Waals surface area contributed by atoms with Crippen LogP contribution in [0.25, 0.3) is 0 Å². The number of carbonyl (C=O) groups is 4. The van der Waals surface area contributed by atoms with Crippen LogP contribution in [0.3, 0.4) is 0 Å². The van der Waals surface area contributed by atoms with Gasteiger partial charge in [-0.05, 0) is 41.5 Å². The smallest absolute Gasteiger partial charge is 0.330 e. The molecule has 0 aromatic carbocycles. The lowest BCUT2D eigenvalue weighted by Gasteiger charge is -2.16. The van der Waals surface area contributed by atoms with Crippen molar-refractivity contribution in [2.75, 3.05) is 26.4 Å². The molecule has 13 nitrogen and oxygen atoms in total. The van der Waals surface area contributed by atoms with Gasteiger partial charge in [-0.1, -0.05) is 40.2 Å². The molecule has 0 saturated carbocycles. The Labute approximate surface area is 237 Å². The molecule has 236 valence electrons. The van der Waals surface area contributed by atoms with Crippen molar-refractivity contribution in [2.24, 2.45) is 5.41 Å². The van der Waals surface area contributed by atoms with Gasteiger partial charge in [-0.15, -0.1) is 0 Å². The van der Waals surface area contributed by atoms with Gasteiger partial charge in [0, 0.05) is 27.7 Å². The Morgan fingerprint density at radius 2 is 0.850 bits per heavy atom. The fraction of sp³-hybridized carbons (Fsp3) is 0.556. The van der Waals surface area contributed by atoms with Crippen LogP contribution in [-0.2, 0) is 23.9 Å². The first-order chi connectivity index (χ1) is 17.9. The highest BCUT2D eigenvalue weighted by atomic mass is 16.5. The van der Waals surface area contributed by atoms with E-state index >= 15 is 0 Å². The molecule has 0 aromatic rings. The molecular formula is C27H50O13. The summed E-state index contributed by atoms with van der Waals surface area (Å²) in [6.07, 6.45) is -0.612. The number of rotatable bonds is 10. The first kappa shape index (κ1) is 49.6. The maximum absolute atomic E-state index is 9.60. The highest BCUT2D eigenvalue weighted by Crippen LogP contribution is 2.10. The van der Waals surface area contributed by atoms with E-state index in [4.69, 9.17) is 45.6 Å². The van der Waals surface area contributed by atoms with Crippen LogP contribution < -0.4 is 0 Å². The average molecular weight is 583 g/mol. The Morgan fingerprint density at radius 1 is 0.650 bits per heavy atom. The van der Waals surface area contributed by atoms with Gasteiger partial charge in [-0.3, -0.25) is 0 Å². The van der Waals surface area contributed by atoms with Gasteiger partial charge in [0.25, 0.3) is 0 Å². The maximum Gasteiger partial charge on any atom is 0.330 e. The van der Waals surface area contributed by atoms with Crippen molar-refractivity contribution >= 4 is 23.9 Å². The molecule has 0 aliphatic carbocycles.